The molecule has 204 valence electrons. The van der Waals surface area contributed by atoms with Gasteiger partial charge in [0.05, 0.1) is 6.61 Å². The summed E-state index contributed by atoms with van der Waals surface area (Å²) in [5, 5.41) is -4.38. The van der Waals surface area contributed by atoms with Crippen molar-refractivity contribution in [3.63, 3.8) is 0 Å². The minimum absolute atomic E-state index is 0.0222. The topological polar surface area (TPSA) is 72.8 Å². The molecule has 0 aromatic rings. The van der Waals surface area contributed by atoms with Crippen molar-refractivity contribution in [2.24, 2.45) is 23.2 Å². The van der Waals surface area contributed by atoms with E-state index in [0.29, 0.717) is 12.7 Å². The molecular weight excluding hydrogens is 500 g/mol. The molecule has 1 N–H and O–H groups in total. The summed E-state index contributed by atoms with van der Waals surface area (Å²) in [5.41, 5.74) is -3.02. The predicted octanol–water partition coefficient (Wildman–Crippen LogP) is 6.35. The molecule has 4 saturated carbocycles. The third-order valence-electron chi connectivity index (χ3n) is 8.22. The molecule has 0 radical (unpaired) electrons. The Bertz CT molecular complexity index is 952. The van der Waals surface area contributed by atoms with E-state index in [-0.39, 0.29) is 36.7 Å². The lowest BCUT2D eigenvalue weighted by Crippen LogP contribution is -2.59. The average molecular weight is 537 g/mol. The fourth-order valence-electron chi connectivity index (χ4n) is 6.78. The van der Waals surface area contributed by atoms with Gasteiger partial charge < -0.3 is 4.74 Å². The summed E-state index contributed by atoms with van der Waals surface area (Å²) in [4.78, 5) is 0. The molecule has 0 aromatic carbocycles. The van der Waals surface area contributed by atoms with Crippen molar-refractivity contribution in [2.45, 2.75) is 73.7 Å². The molecule has 0 heterocycles. The second-order valence-electron chi connectivity index (χ2n) is 10.8. The Morgan fingerprint density at radius 3 is 1.75 bits per heavy atom. The zero-order valence-corrected chi connectivity index (χ0v) is 21.3. The first-order valence-corrected chi connectivity index (χ1v) is 13.6. The van der Waals surface area contributed by atoms with Crippen LogP contribution in [0.5, 0.6) is 0 Å². The van der Waals surface area contributed by atoms with Gasteiger partial charge in [-0.15, -0.1) is 0 Å². The van der Waals surface area contributed by atoms with Crippen LogP contribution in [0.4, 0.5) is 17.6 Å². The second kappa shape index (κ2) is 10.0. The Balaban J connectivity index is 1.66. The van der Waals surface area contributed by atoms with Gasteiger partial charge in [-0.05, 0) is 98.8 Å². The number of alkyl halides is 4. The Kier molecular flexibility index (Phi) is 8.08. The van der Waals surface area contributed by atoms with Gasteiger partial charge in [0, 0.05) is 6.61 Å². The monoisotopic (exact) mass is 536 g/mol. The molecule has 4 aliphatic rings. The Hall–Kier alpha value is -1.49. The first-order valence-electron chi connectivity index (χ1n) is 12.2. The number of rotatable bonds is 15. The maximum atomic E-state index is 15.8. The number of hydrogen-bond donors (Lipinski definition) is 1. The summed E-state index contributed by atoms with van der Waals surface area (Å²) >= 11 is 0. The molecule has 0 saturated heterocycles. The van der Waals surface area contributed by atoms with E-state index in [9.17, 15) is 13.0 Å². The SMILES string of the molecule is C=CC(F)(CCCOCC12CC3CC(CC(C3)C1)C2)C(F)(C=C)OC(F)(C=C)C(F)(C=C)S(=O)(=O)O. The lowest BCUT2D eigenvalue weighted by atomic mass is 9.50. The van der Waals surface area contributed by atoms with Gasteiger partial charge in [-0.1, -0.05) is 26.3 Å². The largest absolute Gasteiger partial charge is 0.381 e. The minimum atomic E-state index is -5.89. The van der Waals surface area contributed by atoms with Crippen LogP contribution in [0.15, 0.2) is 50.6 Å². The standard InChI is InChI=1S/C26H36F4O5S/c1-5-23(27,24(28,6-2)35-25(29,7-3)26(30,8-4)36(31,32)33)10-9-11-34-18-22-15-19-12-20(16-22)14-21(13-19)17-22/h5-8,19-21H,1-4,9-18H2,(H,31,32,33). The Labute approximate surface area is 211 Å². The Morgan fingerprint density at radius 2 is 1.36 bits per heavy atom. The third kappa shape index (κ3) is 4.98. The summed E-state index contributed by atoms with van der Waals surface area (Å²) in [6, 6.07) is 0. The molecule has 5 nitrogen and oxygen atoms in total. The first kappa shape index (κ1) is 29.1. The van der Waals surface area contributed by atoms with Crippen molar-refractivity contribution >= 4 is 10.1 Å². The smallest absolute Gasteiger partial charge is 0.314 e. The fraction of sp³-hybridized carbons (Fsp3) is 0.692. The van der Waals surface area contributed by atoms with Gasteiger partial charge in [0.25, 0.3) is 11.7 Å². The van der Waals surface area contributed by atoms with Gasteiger partial charge in [0.1, 0.15) is 0 Å². The molecule has 10 heteroatoms. The summed E-state index contributed by atoms with van der Waals surface area (Å²) < 4.78 is 104. The van der Waals surface area contributed by atoms with Crippen molar-refractivity contribution in [1.29, 1.82) is 0 Å². The molecule has 0 aliphatic heterocycles. The van der Waals surface area contributed by atoms with Gasteiger partial charge in [-0.3, -0.25) is 9.29 Å². The van der Waals surface area contributed by atoms with Crippen molar-refractivity contribution in [1.82, 2.24) is 0 Å². The van der Waals surface area contributed by atoms with Crippen LogP contribution in [0.1, 0.15) is 51.4 Å². The first-order chi connectivity index (χ1) is 16.6. The predicted molar refractivity (Wildman–Crippen MR) is 129 cm³/mol. The molecule has 4 bridgehead atoms. The van der Waals surface area contributed by atoms with Crippen LogP contribution >= 0.6 is 0 Å². The molecule has 4 rings (SSSR count). The van der Waals surface area contributed by atoms with Crippen LogP contribution < -0.4 is 0 Å². The van der Waals surface area contributed by atoms with Gasteiger partial charge in [-0.25, -0.2) is 17.6 Å². The number of halogens is 4. The van der Waals surface area contributed by atoms with Gasteiger partial charge in [-0.2, -0.15) is 8.42 Å². The quantitative estimate of drug-likeness (QED) is 0.114. The molecule has 4 aliphatic carbocycles. The average Bonchev–Trinajstić information content (AvgIpc) is 2.81. The lowest BCUT2D eigenvalue weighted by Gasteiger charge is -2.56. The van der Waals surface area contributed by atoms with Crippen LogP contribution in [0, 0.1) is 23.2 Å². The van der Waals surface area contributed by atoms with E-state index in [0.717, 1.165) is 37.0 Å². The van der Waals surface area contributed by atoms with E-state index in [1.165, 1.54) is 19.3 Å². The van der Waals surface area contributed by atoms with Crippen LogP contribution in [0.3, 0.4) is 0 Å². The maximum Gasteiger partial charge on any atom is 0.314 e. The molecule has 4 unspecified atom stereocenters. The zero-order valence-electron chi connectivity index (χ0n) is 20.4. The van der Waals surface area contributed by atoms with Crippen LogP contribution in [-0.4, -0.2) is 48.6 Å². The highest BCUT2D eigenvalue weighted by Gasteiger charge is 2.66. The minimum Gasteiger partial charge on any atom is -0.381 e. The lowest BCUT2D eigenvalue weighted by molar-refractivity contribution is -0.289. The van der Waals surface area contributed by atoms with Gasteiger partial charge >= 0.3 is 15.1 Å². The summed E-state index contributed by atoms with van der Waals surface area (Å²) in [7, 11) is -5.89. The summed E-state index contributed by atoms with van der Waals surface area (Å²) in [5.74, 6) is -5.84. The van der Waals surface area contributed by atoms with Crippen molar-refractivity contribution in [2.75, 3.05) is 13.2 Å². The molecule has 0 amide bonds. The van der Waals surface area contributed by atoms with E-state index in [2.05, 4.69) is 31.1 Å². The maximum absolute atomic E-state index is 15.8. The van der Waals surface area contributed by atoms with E-state index < -0.39 is 38.9 Å². The van der Waals surface area contributed by atoms with Crippen LogP contribution in [-0.2, 0) is 19.6 Å². The highest BCUT2D eigenvalue weighted by Crippen LogP contribution is 2.60. The molecular formula is C26H36F4O5S. The number of hydrogen-bond acceptors (Lipinski definition) is 4. The second-order valence-corrected chi connectivity index (χ2v) is 12.3. The summed E-state index contributed by atoms with van der Waals surface area (Å²) in [6.07, 6.45) is 7.15. The third-order valence-corrected chi connectivity index (χ3v) is 9.41. The number of ether oxygens (including phenoxy) is 2. The van der Waals surface area contributed by atoms with Crippen molar-refractivity contribution in [3.8, 4) is 0 Å². The van der Waals surface area contributed by atoms with Gasteiger partial charge in [0.2, 0.25) is 0 Å². The van der Waals surface area contributed by atoms with E-state index >= 15 is 17.6 Å². The van der Waals surface area contributed by atoms with E-state index in [4.69, 9.17) is 4.74 Å². The molecule has 4 fully saturated rings. The molecule has 0 aromatic heterocycles. The highest BCUT2D eigenvalue weighted by atomic mass is 32.2. The molecule has 4 atom stereocenters. The zero-order chi connectivity index (χ0) is 27.0. The molecule has 0 spiro atoms. The van der Waals surface area contributed by atoms with Crippen molar-refractivity contribution in [3.05, 3.63) is 50.6 Å². The van der Waals surface area contributed by atoms with E-state index in [1.807, 2.05) is 0 Å². The van der Waals surface area contributed by atoms with E-state index in [1.54, 1.807) is 0 Å². The summed E-state index contributed by atoms with van der Waals surface area (Å²) in [6.45, 7) is 12.7. The highest BCUT2D eigenvalue weighted by molar-refractivity contribution is 7.87. The normalized spacial score (nSPS) is 34.0. The Morgan fingerprint density at radius 1 is 0.861 bits per heavy atom. The van der Waals surface area contributed by atoms with Crippen LogP contribution in [0.2, 0.25) is 0 Å². The van der Waals surface area contributed by atoms with Crippen LogP contribution in [0.25, 0.3) is 0 Å². The molecule has 36 heavy (non-hydrogen) atoms. The van der Waals surface area contributed by atoms with Gasteiger partial charge in [0.15, 0.2) is 5.67 Å². The fourth-order valence-corrected chi connectivity index (χ4v) is 7.47. The van der Waals surface area contributed by atoms with Crippen molar-refractivity contribution < 1.29 is 40.0 Å².